The van der Waals surface area contributed by atoms with Crippen LogP contribution in [0.5, 0.6) is 0 Å². The average molecular weight is 316 g/mol. The van der Waals surface area contributed by atoms with Gasteiger partial charge in [-0.15, -0.1) is 0 Å². The van der Waals surface area contributed by atoms with E-state index in [0.29, 0.717) is 12.1 Å². The molecule has 5 nitrogen and oxygen atoms in total. The van der Waals surface area contributed by atoms with Gasteiger partial charge in [0.2, 0.25) is 0 Å². The highest BCUT2D eigenvalue weighted by Gasteiger charge is 2.16. The number of fused-ring (bicyclic) bond motifs is 1. The SMILES string of the molecule is O=C(NCc1ccccc1)c1cc(-c2ccn[nH]2)n2ccccc12. The Morgan fingerprint density at radius 1 is 1.08 bits per heavy atom. The maximum atomic E-state index is 12.7. The van der Waals surface area contributed by atoms with Crippen LogP contribution in [0.3, 0.4) is 0 Å². The van der Waals surface area contributed by atoms with Crippen LogP contribution in [0.4, 0.5) is 0 Å². The van der Waals surface area contributed by atoms with Crippen molar-refractivity contribution in [3.8, 4) is 11.4 Å². The third-order valence-corrected chi connectivity index (χ3v) is 3.99. The molecule has 4 rings (SSSR count). The van der Waals surface area contributed by atoms with Crippen molar-refractivity contribution in [1.82, 2.24) is 19.9 Å². The number of rotatable bonds is 4. The summed E-state index contributed by atoms with van der Waals surface area (Å²) in [6, 6.07) is 19.5. The Bertz CT molecular complexity index is 971. The summed E-state index contributed by atoms with van der Waals surface area (Å²) < 4.78 is 1.99. The molecule has 0 aliphatic heterocycles. The number of pyridine rings is 1. The molecule has 0 unspecified atom stereocenters. The van der Waals surface area contributed by atoms with E-state index in [1.807, 2.05) is 71.3 Å². The molecular weight excluding hydrogens is 300 g/mol. The number of aromatic amines is 1. The lowest BCUT2D eigenvalue weighted by atomic mass is 10.2. The van der Waals surface area contributed by atoms with Crippen LogP contribution in [0.25, 0.3) is 16.9 Å². The highest BCUT2D eigenvalue weighted by Crippen LogP contribution is 2.24. The zero-order chi connectivity index (χ0) is 16.4. The number of benzene rings is 1. The Hall–Kier alpha value is -3.34. The number of hydrogen-bond donors (Lipinski definition) is 2. The van der Waals surface area contributed by atoms with E-state index in [1.165, 1.54) is 0 Å². The topological polar surface area (TPSA) is 62.2 Å². The normalized spacial score (nSPS) is 10.8. The van der Waals surface area contributed by atoms with E-state index in [4.69, 9.17) is 0 Å². The molecule has 0 saturated heterocycles. The van der Waals surface area contributed by atoms with Crippen LogP contribution in [0.1, 0.15) is 15.9 Å². The standard InChI is InChI=1S/C19H16N4O/c24-19(20-13-14-6-2-1-3-7-14)15-12-18(16-9-10-21-22-16)23-11-5-4-8-17(15)23/h1-12H,13H2,(H,20,24)(H,21,22). The number of aromatic nitrogens is 3. The Balaban J connectivity index is 1.68. The van der Waals surface area contributed by atoms with Crippen molar-refractivity contribution in [3.63, 3.8) is 0 Å². The summed E-state index contributed by atoms with van der Waals surface area (Å²) in [5.74, 6) is -0.0895. The average Bonchev–Trinajstić information content (AvgIpc) is 3.28. The number of nitrogens with zero attached hydrogens (tertiary/aromatic N) is 2. The minimum Gasteiger partial charge on any atom is -0.348 e. The number of hydrogen-bond acceptors (Lipinski definition) is 2. The molecule has 0 radical (unpaired) electrons. The summed E-state index contributed by atoms with van der Waals surface area (Å²) in [5.41, 5.74) is 4.37. The number of nitrogens with one attached hydrogen (secondary N) is 2. The molecule has 0 fully saturated rings. The molecule has 0 saturated carbocycles. The zero-order valence-electron chi connectivity index (χ0n) is 12.9. The molecule has 0 atom stereocenters. The van der Waals surface area contributed by atoms with Crippen LogP contribution >= 0.6 is 0 Å². The van der Waals surface area contributed by atoms with Crippen molar-refractivity contribution >= 4 is 11.4 Å². The lowest BCUT2D eigenvalue weighted by Gasteiger charge is -2.04. The van der Waals surface area contributed by atoms with E-state index in [2.05, 4.69) is 15.5 Å². The van der Waals surface area contributed by atoms with Gasteiger partial charge in [-0.1, -0.05) is 36.4 Å². The largest absolute Gasteiger partial charge is 0.348 e. The second kappa shape index (κ2) is 6.04. The van der Waals surface area contributed by atoms with E-state index >= 15 is 0 Å². The molecule has 1 aromatic carbocycles. The Morgan fingerprint density at radius 3 is 2.71 bits per heavy atom. The third kappa shape index (κ3) is 2.56. The van der Waals surface area contributed by atoms with Crippen molar-refractivity contribution in [1.29, 1.82) is 0 Å². The Kier molecular flexibility index (Phi) is 3.59. The quantitative estimate of drug-likeness (QED) is 0.607. The van der Waals surface area contributed by atoms with Crippen molar-refractivity contribution < 1.29 is 4.79 Å². The minimum atomic E-state index is -0.0895. The number of carbonyl (C=O) groups excluding carboxylic acids is 1. The monoisotopic (exact) mass is 316 g/mol. The molecule has 1 amide bonds. The van der Waals surface area contributed by atoms with Gasteiger partial charge in [0.15, 0.2) is 0 Å². The first-order valence-electron chi connectivity index (χ1n) is 7.75. The first kappa shape index (κ1) is 14.3. The van der Waals surface area contributed by atoms with Gasteiger partial charge in [-0.25, -0.2) is 0 Å². The van der Waals surface area contributed by atoms with Crippen LogP contribution in [0.2, 0.25) is 0 Å². The molecule has 0 aliphatic carbocycles. The van der Waals surface area contributed by atoms with E-state index in [9.17, 15) is 4.79 Å². The van der Waals surface area contributed by atoms with Gasteiger partial charge in [-0.3, -0.25) is 9.89 Å². The molecule has 0 bridgehead atoms. The van der Waals surface area contributed by atoms with Crippen molar-refractivity contribution in [2.75, 3.05) is 0 Å². The van der Waals surface area contributed by atoms with Crippen molar-refractivity contribution in [2.24, 2.45) is 0 Å². The molecule has 5 heteroatoms. The van der Waals surface area contributed by atoms with Gasteiger partial charge < -0.3 is 9.72 Å². The Morgan fingerprint density at radius 2 is 1.92 bits per heavy atom. The predicted molar refractivity (Wildman–Crippen MR) is 92.6 cm³/mol. The van der Waals surface area contributed by atoms with Crippen LogP contribution in [-0.4, -0.2) is 20.5 Å². The summed E-state index contributed by atoms with van der Waals surface area (Å²) in [7, 11) is 0. The van der Waals surface area contributed by atoms with E-state index in [1.54, 1.807) is 6.20 Å². The molecule has 4 aromatic rings. The molecule has 24 heavy (non-hydrogen) atoms. The highest BCUT2D eigenvalue weighted by molar-refractivity contribution is 6.02. The second-order valence-corrected chi connectivity index (χ2v) is 5.54. The highest BCUT2D eigenvalue weighted by atomic mass is 16.1. The van der Waals surface area contributed by atoms with E-state index in [-0.39, 0.29) is 5.91 Å². The van der Waals surface area contributed by atoms with Crippen molar-refractivity contribution in [2.45, 2.75) is 6.54 Å². The number of carbonyl (C=O) groups is 1. The molecule has 118 valence electrons. The van der Waals surface area contributed by atoms with E-state index in [0.717, 1.165) is 22.5 Å². The molecule has 0 aliphatic rings. The lowest BCUT2D eigenvalue weighted by Crippen LogP contribution is -2.22. The lowest BCUT2D eigenvalue weighted by molar-refractivity contribution is 0.0952. The summed E-state index contributed by atoms with van der Waals surface area (Å²) >= 11 is 0. The first-order valence-corrected chi connectivity index (χ1v) is 7.75. The number of H-pyrrole nitrogens is 1. The Labute approximate surface area is 139 Å². The summed E-state index contributed by atoms with van der Waals surface area (Å²) in [4.78, 5) is 12.7. The van der Waals surface area contributed by atoms with Gasteiger partial charge in [-0.05, 0) is 29.8 Å². The van der Waals surface area contributed by atoms with Crippen LogP contribution in [-0.2, 0) is 6.54 Å². The predicted octanol–water partition coefficient (Wildman–Crippen LogP) is 3.26. The van der Waals surface area contributed by atoms with Gasteiger partial charge in [0.1, 0.15) is 0 Å². The number of amides is 1. The first-order chi connectivity index (χ1) is 11.8. The van der Waals surface area contributed by atoms with Gasteiger partial charge in [-0.2, -0.15) is 5.10 Å². The molecule has 0 spiro atoms. The smallest absolute Gasteiger partial charge is 0.253 e. The van der Waals surface area contributed by atoms with Gasteiger partial charge in [0.05, 0.1) is 22.5 Å². The maximum Gasteiger partial charge on any atom is 0.253 e. The molecule has 3 heterocycles. The fourth-order valence-corrected chi connectivity index (χ4v) is 2.81. The van der Waals surface area contributed by atoms with E-state index < -0.39 is 0 Å². The summed E-state index contributed by atoms with van der Waals surface area (Å²) in [5, 5.41) is 9.94. The summed E-state index contributed by atoms with van der Waals surface area (Å²) in [6.07, 6.45) is 3.65. The molecule has 3 aromatic heterocycles. The fraction of sp³-hybridized carbons (Fsp3) is 0.0526. The maximum absolute atomic E-state index is 12.7. The van der Waals surface area contributed by atoms with Crippen LogP contribution < -0.4 is 5.32 Å². The molecular formula is C19H16N4O. The second-order valence-electron chi connectivity index (χ2n) is 5.54. The zero-order valence-corrected chi connectivity index (χ0v) is 12.9. The van der Waals surface area contributed by atoms with Crippen LogP contribution in [0, 0.1) is 0 Å². The van der Waals surface area contributed by atoms with Crippen molar-refractivity contribution in [3.05, 3.63) is 84.2 Å². The fourth-order valence-electron chi connectivity index (χ4n) is 2.81. The third-order valence-electron chi connectivity index (χ3n) is 3.99. The molecule has 2 N–H and O–H groups in total. The minimum absolute atomic E-state index is 0.0895. The van der Waals surface area contributed by atoms with Gasteiger partial charge in [0.25, 0.3) is 5.91 Å². The summed E-state index contributed by atoms with van der Waals surface area (Å²) in [6.45, 7) is 0.503. The van der Waals surface area contributed by atoms with Crippen LogP contribution in [0.15, 0.2) is 73.1 Å². The van der Waals surface area contributed by atoms with Gasteiger partial charge >= 0.3 is 0 Å². The van der Waals surface area contributed by atoms with Gasteiger partial charge in [0, 0.05) is 18.9 Å².